The fourth-order valence-electron chi connectivity index (χ4n) is 3.40. The molecule has 0 radical (unpaired) electrons. The molecule has 0 amide bonds. The van der Waals surface area contributed by atoms with E-state index in [0.29, 0.717) is 34.1 Å². The summed E-state index contributed by atoms with van der Waals surface area (Å²) < 4.78 is 21.8. The van der Waals surface area contributed by atoms with Crippen molar-refractivity contribution in [2.24, 2.45) is 0 Å². The topological polar surface area (TPSA) is 71.1 Å². The van der Waals surface area contributed by atoms with Gasteiger partial charge in [-0.25, -0.2) is 9.59 Å². The van der Waals surface area contributed by atoms with Crippen molar-refractivity contribution in [3.05, 3.63) is 119 Å². The summed E-state index contributed by atoms with van der Waals surface area (Å²) >= 11 is 0. The summed E-state index contributed by atoms with van der Waals surface area (Å²) in [7, 11) is 3.03. The molecule has 0 fully saturated rings. The highest BCUT2D eigenvalue weighted by molar-refractivity contribution is 5.92. The van der Waals surface area contributed by atoms with Crippen LogP contribution >= 0.6 is 0 Å². The van der Waals surface area contributed by atoms with Crippen molar-refractivity contribution in [1.29, 1.82) is 0 Å². The van der Waals surface area contributed by atoms with Crippen LogP contribution in [0.5, 0.6) is 23.0 Å². The van der Waals surface area contributed by atoms with Crippen molar-refractivity contribution in [3.8, 4) is 23.0 Å². The van der Waals surface area contributed by atoms with E-state index in [1.807, 2.05) is 36.4 Å². The third kappa shape index (κ3) is 5.98. The second-order valence-corrected chi connectivity index (χ2v) is 7.67. The lowest BCUT2D eigenvalue weighted by atomic mass is 10.1. The second-order valence-electron chi connectivity index (χ2n) is 7.67. The number of hydrogen-bond acceptors (Lipinski definition) is 6. The molecule has 0 aliphatic carbocycles. The third-order valence-corrected chi connectivity index (χ3v) is 5.27. The van der Waals surface area contributed by atoms with Crippen molar-refractivity contribution in [2.45, 2.75) is 0 Å². The second kappa shape index (κ2) is 11.5. The van der Waals surface area contributed by atoms with Gasteiger partial charge >= 0.3 is 11.9 Å². The molecule has 0 aliphatic heterocycles. The Bertz CT molecular complexity index is 1270. The van der Waals surface area contributed by atoms with Gasteiger partial charge in [-0.05, 0) is 59.7 Å². The molecule has 180 valence electrons. The number of carbonyl (C=O) groups excluding carboxylic acids is 2. The first kappa shape index (κ1) is 24.3. The van der Waals surface area contributed by atoms with Gasteiger partial charge in [-0.15, -0.1) is 0 Å². The maximum Gasteiger partial charge on any atom is 0.343 e. The van der Waals surface area contributed by atoms with Crippen molar-refractivity contribution >= 4 is 24.1 Å². The monoisotopic (exact) mass is 480 g/mol. The van der Waals surface area contributed by atoms with Gasteiger partial charge in [0.15, 0.2) is 23.0 Å². The highest BCUT2D eigenvalue weighted by Crippen LogP contribution is 2.31. The van der Waals surface area contributed by atoms with Crippen LogP contribution in [0.4, 0.5) is 0 Å². The van der Waals surface area contributed by atoms with Crippen molar-refractivity contribution < 1.29 is 28.5 Å². The molecule has 4 aromatic carbocycles. The van der Waals surface area contributed by atoms with Crippen LogP contribution in [0.2, 0.25) is 0 Å². The summed E-state index contributed by atoms with van der Waals surface area (Å²) in [6.07, 6.45) is 3.77. The van der Waals surface area contributed by atoms with Crippen molar-refractivity contribution in [1.82, 2.24) is 0 Å². The maximum atomic E-state index is 12.4. The van der Waals surface area contributed by atoms with Crippen molar-refractivity contribution in [3.63, 3.8) is 0 Å². The van der Waals surface area contributed by atoms with E-state index in [1.54, 1.807) is 72.8 Å². The summed E-state index contributed by atoms with van der Waals surface area (Å²) in [5, 5.41) is 0. The van der Waals surface area contributed by atoms with Gasteiger partial charge in [0, 0.05) is 0 Å². The molecule has 6 heteroatoms. The molecule has 0 N–H and O–H groups in total. The number of benzene rings is 4. The minimum atomic E-state index is -0.461. The van der Waals surface area contributed by atoms with E-state index in [-0.39, 0.29) is 0 Å². The molecule has 0 bridgehead atoms. The van der Waals surface area contributed by atoms with Gasteiger partial charge in [0.25, 0.3) is 0 Å². The third-order valence-electron chi connectivity index (χ3n) is 5.27. The number of methoxy groups -OCH3 is 2. The molecule has 0 atom stereocenters. The summed E-state index contributed by atoms with van der Waals surface area (Å²) in [5.74, 6) is 0.601. The summed E-state index contributed by atoms with van der Waals surface area (Å²) in [4.78, 5) is 24.8. The van der Waals surface area contributed by atoms with Crippen LogP contribution in [0, 0.1) is 0 Å². The zero-order valence-electron chi connectivity index (χ0n) is 19.8. The lowest BCUT2D eigenvalue weighted by molar-refractivity contribution is 0.0720. The Morgan fingerprint density at radius 1 is 0.528 bits per heavy atom. The molecule has 0 aliphatic rings. The number of esters is 2. The average Bonchev–Trinajstić information content (AvgIpc) is 2.93. The molecule has 0 aromatic heterocycles. The Balaban J connectivity index is 1.47. The average molecular weight is 481 g/mol. The van der Waals surface area contributed by atoms with Crippen LogP contribution < -0.4 is 18.9 Å². The zero-order chi connectivity index (χ0) is 25.3. The Labute approximate surface area is 209 Å². The maximum absolute atomic E-state index is 12.4. The van der Waals surface area contributed by atoms with Gasteiger partial charge in [0.1, 0.15) is 0 Å². The minimum absolute atomic E-state index is 0.328. The Hall–Kier alpha value is -4.84. The van der Waals surface area contributed by atoms with Crippen LogP contribution in [0.1, 0.15) is 31.8 Å². The number of hydrogen-bond donors (Lipinski definition) is 0. The first-order chi connectivity index (χ1) is 17.6. The van der Waals surface area contributed by atoms with Crippen LogP contribution in [0.3, 0.4) is 0 Å². The first-order valence-corrected chi connectivity index (χ1v) is 11.2. The lowest BCUT2D eigenvalue weighted by Crippen LogP contribution is -2.09. The lowest BCUT2D eigenvalue weighted by Gasteiger charge is -2.11. The molecule has 4 aromatic rings. The van der Waals surface area contributed by atoms with E-state index in [9.17, 15) is 9.59 Å². The molecule has 0 heterocycles. The molecule has 0 saturated heterocycles. The molecule has 4 rings (SSSR count). The molecule has 0 spiro atoms. The van der Waals surface area contributed by atoms with Crippen LogP contribution in [-0.2, 0) is 0 Å². The molecule has 0 unspecified atom stereocenters. The van der Waals surface area contributed by atoms with Gasteiger partial charge in [0.2, 0.25) is 0 Å². The highest BCUT2D eigenvalue weighted by Gasteiger charge is 2.14. The first-order valence-electron chi connectivity index (χ1n) is 11.2. The van der Waals surface area contributed by atoms with Crippen LogP contribution in [0.15, 0.2) is 97.1 Å². The Morgan fingerprint density at radius 2 is 0.917 bits per heavy atom. The predicted molar refractivity (Wildman–Crippen MR) is 138 cm³/mol. The molecular formula is C30H24O6. The smallest absolute Gasteiger partial charge is 0.343 e. The van der Waals surface area contributed by atoms with Crippen LogP contribution in [0.25, 0.3) is 12.2 Å². The number of carbonyl (C=O) groups is 2. The Kier molecular flexibility index (Phi) is 7.78. The largest absolute Gasteiger partial charge is 0.493 e. The van der Waals surface area contributed by atoms with E-state index in [0.717, 1.165) is 11.1 Å². The van der Waals surface area contributed by atoms with Gasteiger partial charge < -0.3 is 18.9 Å². The van der Waals surface area contributed by atoms with Gasteiger partial charge in [-0.2, -0.15) is 0 Å². The quantitative estimate of drug-likeness (QED) is 0.167. The van der Waals surface area contributed by atoms with E-state index in [1.165, 1.54) is 14.2 Å². The summed E-state index contributed by atoms with van der Waals surface area (Å²) in [6.45, 7) is 0. The molecule has 36 heavy (non-hydrogen) atoms. The summed E-state index contributed by atoms with van der Waals surface area (Å²) in [5.41, 5.74) is 2.58. The van der Waals surface area contributed by atoms with Gasteiger partial charge in [0.05, 0.1) is 25.3 Å². The van der Waals surface area contributed by atoms with Gasteiger partial charge in [-0.3, -0.25) is 0 Å². The molecule has 6 nitrogen and oxygen atoms in total. The zero-order valence-corrected chi connectivity index (χ0v) is 19.8. The predicted octanol–water partition coefficient (Wildman–Crippen LogP) is 6.31. The van der Waals surface area contributed by atoms with E-state index >= 15 is 0 Å². The minimum Gasteiger partial charge on any atom is -0.493 e. The highest BCUT2D eigenvalue weighted by atomic mass is 16.6. The van der Waals surface area contributed by atoms with E-state index in [2.05, 4.69) is 0 Å². The molecular weight excluding hydrogens is 456 g/mol. The SMILES string of the molecule is COc1cc(/C=C/c2ccc(OC(=O)c3ccccc3)c(OC)c2)ccc1OC(=O)c1ccccc1. The van der Waals surface area contributed by atoms with Crippen molar-refractivity contribution in [2.75, 3.05) is 14.2 Å². The number of rotatable bonds is 8. The number of ether oxygens (including phenoxy) is 4. The van der Waals surface area contributed by atoms with Crippen LogP contribution in [-0.4, -0.2) is 26.2 Å². The fourth-order valence-corrected chi connectivity index (χ4v) is 3.40. The standard InChI is InChI=1S/C30H24O6/c1-33-27-19-21(15-17-25(27)35-29(31)23-9-5-3-6-10-23)13-14-22-16-18-26(28(20-22)34-2)36-30(32)24-11-7-4-8-12-24/h3-20H,1-2H3/b14-13+. The molecule has 0 saturated carbocycles. The van der Waals surface area contributed by atoms with Gasteiger partial charge in [-0.1, -0.05) is 60.7 Å². The van der Waals surface area contributed by atoms with E-state index in [4.69, 9.17) is 18.9 Å². The van der Waals surface area contributed by atoms with E-state index < -0.39 is 11.9 Å². The summed E-state index contributed by atoms with van der Waals surface area (Å²) in [6, 6.07) is 28.1. The fraction of sp³-hybridized carbons (Fsp3) is 0.0667. The Morgan fingerprint density at radius 3 is 1.28 bits per heavy atom. The normalized spacial score (nSPS) is 10.6.